The molecule has 16 heavy (non-hydrogen) atoms. The molecule has 0 amide bonds. The third-order valence-corrected chi connectivity index (χ3v) is 3.16. The van der Waals surface area contributed by atoms with Crippen LogP contribution in [0.2, 0.25) is 0 Å². The Labute approximate surface area is 97.8 Å². The number of nitrogens with zero attached hydrogens (tertiary/aromatic N) is 2. The van der Waals surface area contributed by atoms with Crippen molar-refractivity contribution < 1.29 is 0 Å². The maximum atomic E-state index is 8.98. The molecule has 0 radical (unpaired) electrons. The van der Waals surface area contributed by atoms with Gasteiger partial charge in [-0.05, 0) is 23.1 Å². The number of rotatable bonds is 0. The molecule has 0 bridgehead atoms. The van der Waals surface area contributed by atoms with Crippen molar-refractivity contribution in [3.63, 3.8) is 0 Å². The molecule has 0 N–H and O–H groups in total. The first-order valence-corrected chi connectivity index (χ1v) is 5.35. The lowest BCUT2D eigenvalue weighted by atomic mass is 9.92. The van der Waals surface area contributed by atoms with Crippen molar-refractivity contribution in [2.75, 3.05) is 0 Å². The Bertz CT molecular complexity index is 693. The molecule has 1 aliphatic rings. The van der Waals surface area contributed by atoms with E-state index >= 15 is 0 Å². The van der Waals surface area contributed by atoms with Crippen molar-refractivity contribution in [2.45, 2.75) is 0 Å². The maximum absolute atomic E-state index is 8.98. The molecule has 2 aromatic carbocycles. The molecule has 0 atom stereocenters. The molecule has 2 nitrogen and oxygen atoms in total. The van der Waals surface area contributed by atoms with Crippen molar-refractivity contribution in [2.24, 2.45) is 0 Å². The Morgan fingerprint density at radius 1 is 1.06 bits per heavy atom. The lowest BCUT2D eigenvalue weighted by molar-refractivity contribution is 1.46. The summed E-state index contributed by atoms with van der Waals surface area (Å²) in [5, 5.41) is 11.2. The van der Waals surface area contributed by atoms with Crippen LogP contribution in [0.15, 0.2) is 36.4 Å². The Morgan fingerprint density at radius 2 is 1.94 bits per heavy atom. The van der Waals surface area contributed by atoms with Crippen molar-refractivity contribution in [3.8, 4) is 0 Å². The number of hydrogen-bond acceptors (Lipinski definition) is 2. The molecule has 0 saturated carbocycles. The second-order valence-electron chi connectivity index (χ2n) is 3.70. The van der Waals surface area contributed by atoms with Gasteiger partial charge in [0.1, 0.15) is 0 Å². The fraction of sp³-hybridized carbons (Fsp3) is 0. The topological polar surface area (TPSA) is 28.1 Å². The van der Waals surface area contributed by atoms with Crippen LogP contribution in [-0.2, 0) is 0 Å². The summed E-state index contributed by atoms with van der Waals surface area (Å²) in [6.45, 7) is 0. The molecule has 1 aliphatic carbocycles. The molecule has 0 spiro atoms. The summed E-state index contributed by atoms with van der Waals surface area (Å²) in [5.74, 6) is 0. The number of thiocarbonyl (C=S) groups is 1. The van der Waals surface area contributed by atoms with E-state index in [0.29, 0.717) is 5.69 Å². The van der Waals surface area contributed by atoms with Gasteiger partial charge in [-0.1, -0.05) is 36.5 Å². The van der Waals surface area contributed by atoms with Crippen LogP contribution in [0.3, 0.4) is 0 Å². The smallest absolute Gasteiger partial charge is 0.0791 e. The van der Waals surface area contributed by atoms with Gasteiger partial charge in [0.2, 0.25) is 5.39 Å². The molecule has 3 rings (SSSR count). The Kier molecular flexibility index (Phi) is 1.85. The first-order valence-electron chi connectivity index (χ1n) is 4.94. The van der Waals surface area contributed by atoms with Crippen LogP contribution < -0.4 is 0 Å². The van der Waals surface area contributed by atoms with Crippen LogP contribution in [0.4, 0.5) is 5.69 Å². The van der Waals surface area contributed by atoms with Gasteiger partial charge in [0.05, 0.1) is 10.4 Å². The predicted octanol–water partition coefficient (Wildman–Crippen LogP) is 4.07. The van der Waals surface area contributed by atoms with Crippen LogP contribution in [0.5, 0.6) is 0 Å². The van der Waals surface area contributed by atoms with Gasteiger partial charge in [0, 0.05) is 11.5 Å². The number of hydrogen-bond donors (Lipinski definition) is 0. The second-order valence-corrected chi connectivity index (χ2v) is 4.14. The third kappa shape index (κ3) is 1.11. The lowest BCUT2D eigenvalue weighted by Crippen LogP contribution is -2.00. The Hall–Kier alpha value is -2.05. The van der Waals surface area contributed by atoms with E-state index in [1.807, 2.05) is 36.4 Å². The van der Waals surface area contributed by atoms with Gasteiger partial charge in [-0.3, -0.25) is 0 Å². The first-order chi connectivity index (χ1) is 7.81. The highest BCUT2D eigenvalue weighted by molar-refractivity contribution is 7.81. The van der Waals surface area contributed by atoms with Crippen molar-refractivity contribution >= 4 is 39.6 Å². The Balaban J connectivity index is 2.59. The summed E-state index contributed by atoms with van der Waals surface area (Å²) in [6, 6.07) is 9.80. The average Bonchev–Trinajstić information content (AvgIpc) is 2.33. The summed E-state index contributed by atoms with van der Waals surface area (Å²) in [6.07, 6.45) is 3.87. The molecule has 2 aromatic rings. The molecule has 0 heterocycles. The maximum Gasteiger partial charge on any atom is 0.394 e. The summed E-state index contributed by atoms with van der Waals surface area (Å²) >= 11 is 5.29. The zero-order valence-electron chi connectivity index (χ0n) is 8.34. The minimum Gasteiger partial charge on any atom is -0.0791 e. The van der Waals surface area contributed by atoms with Gasteiger partial charge < -0.3 is 0 Å². The van der Waals surface area contributed by atoms with E-state index < -0.39 is 0 Å². The van der Waals surface area contributed by atoms with Gasteiger partial charge in [-0.15, -0.1) is 0 Å². The average molecular weight is 223 g/mol. The van der Waals surface area contributed by atoms with E-state index in [0.717, 1.165) is 26.8 Å². The summed E-state index contributed by atoms with van der Waals surface area (Å²) in [4.78, 5) is 4.02. The fourth-order valence-corrected chi connectivity index (χ4v) is 2.39. The minimum absolute atomic E-state index is 0.536. The Morgan fingerprint density at radius 3 is 2.75 bits per heavy atom. The van der Waals surface area contributed by atoms with Crippen molar-refractivity contribution in [1.29, 1.82) is 5.39 Å². The normalized spacial score (nSPS) is 12.8. The molecule has 0 unspecified atom stereocenters. The van der Waals surface area contributed by atoms with Gasteiger partial charge >= 0.3 is 5.69 Å². The van der Waals surface area contributed by atoms with E-state index in [1.165, 1.54) is 0 Å². The molecular weight excluding hydrogens is 216 g/mol. The standard InChI is InChI=1S/C13H7N2S/c14-15-10-6-4-8-2-1-3-9-5-7-11(16)13(10)12(8)9/h1-7H/q+1. The molecule has 0 fully saturated rings. The van der Waals surface area contributed by atoms with E-state index in [2.05, 4.69) is 4.98 Å². The number of allylic oxidation sites excluding steroid dienone is 1. The van der Waals surface area contributed by atoms with E-state index in [4.69, 9.17) is 17.6 Å². The predicted molar refractivity (Wildman–Crippen MR) is 69.4 cm³/mol. The second kappa shape index (κ2) is 3.22. The minimum atomic E-state index is 0.536. The molecule has 74 valence electrons. The highest BCUT2D eigenvalue weighted by Gasteiger charge is 2.23. The van der Waals surface area contributed by atoms with Crippen LogP contribution in [0, 0.1) is 5.39 Å². The quantitative estimate of drug-likeness (QED) is 0.497. The molecule has 3 heteroatoms. The van der Waals surface area contributed by atoms with Gasteiger partial charge in [-0.25, -0.2) is 0 Å². The number of benzene rings is 2. The highest BCUT2D eigenvalue weighted by atomic mass is 32.1. The van der Waals surface area contributed by atoms with Crippen LogP contribution >= 0.6 is 12.2 Å². The van der Waals surface area contributed by atoms with E-state index in [9.17, 15) is 0 Å². The van der Waals surface area contributed by atoms with Gasteiger partial charge in [0.15, 0.2) is 4.98 Å². The van der Waals surface area contributed by atoms with Crippen LogP contribution in [-0.4, -0.2) is 4.86 Å². The largest absolute Gasteiger partial charge is 0.394 e. The fourth-order valence-electron chi connectivity index (χ4n) is 2.12. The molecule has 0 aromatic heterocycles. The SMILES string of the molecule is N#[N+]c1ccc2cccc3c2c1C(=S)C=C3. The summed E-state index contributed by atoms with van der Waals surface area (Å²) in [7, 11) is 0. The molecular formula is C13H7N2S+. The van der Waals surface area contributed by atoms with Gasteiger partial charge in [0.25, 0.3) is 0 Å². The van der Waals surface area contributed by atoms with Crippen molar-refractivity contribution in [3.05, 3.63) is 52.5 Å². The molecule has 0 saturated heterocycles. The van der Waals surface area contributed by atoms with Crippen LogP contribution in [0.25, 0.3) is 21.8 Å². The summed E-state index contributed by atoms with van der Waals surface area (Å²) in [5.41, 5.74) is 2.51. The van der Waals surface area contributed by atoms with E-state index in [-0.39, 0.29) is 0 Å². The zero-order valence-corrected chi connectivity index (χ0v) is 9.16. The monoisotopic (exact) mass is 223 g/mol. The zero-order chi connectivity index (χ0) is 11.1. The van der Waals surface area contributed by atoms with Crippen LogP contribution in [0.1, 0.15) is 11.1 Å². The number of diazo groups is 1. The first kappa shape index (κ1) is 9.20. The third-order valence-electron chi connectivity index (χ3n) is 2.82. The van der Waals surface area contributed by atoms with Gasteiger partial charge in [-0.2, -0.15) is 0 Å². The molecule has 0 aliphatic heterocycles. The summed E-state index contributed by atoms with van der Waals surface area (Å²) < 4.78 is 0. The van der Waals surface area contributed by atoms with Crippen molar-refractivity contribution in [1.82, 2.24) is 0 Å². The lowest BCUT2D eigenvalue weighted by Gasteiger charge is -2.10. The highest BCUT2D eigenvalue weighted by Crippen LogP contribution is 2.35. The van der Waals surface area contributed by atoms with E-state index in [1.54, 1.807) is 6.07 Å².